The van der Waals surface area contributed by atoms with Gasteiger partial charge in [0.15, 0.2) is 0 Å². The fourth-order valence-corrected chi connectivity index (χ4v) is 2.17. The number of benzene rings is 1. The molecule has 0 aliphatic carbocycles. The number of rotatable bonds is 8. The van der Waals surface area contributed by atoms with Crippen LogP contribution >= 0.6 is 0 Å². The van der Waals surface area contributed by atoms with Crippen molar-refractivity contribution in [1.29, 1.82) is 0 Å². The van der Waals surface area contributed by atoms with Gasteiger partial charge in [-0.15, -0.1) is 0 Å². The first-order valence-electron chi connectivity index (χ1n) is 7.79. The lowest BCUT2D eigenvalue weighted by Gasteiger charge is -2.25. The molecule has 2 amide bonds. The van der Waals surface area contributed by atoms with Gasteiger partial charge in [-0.2, -0.15) is 0 Å². The van der Waals surface area contributed by atoms with Crippen LogP contribution in [0.1, 0.15) is 19.4 Å². The van der Waals surface area contributed by atoms with Crippen molar-refractivity contribution in [3.05, 3.63) is 35.9 Å². The number of carboxylic acid groups (broad SMARTS) is 1. The lowest BCUT2D eigenvalue weighted by molar-refractivity contribution is -0.144. The molecule has 1 rings (SSSR count). The Bertz CT molecular complexity index is 574. The first-order chi connectivity index (χ1) is 11.2. The molecule has 7 heteroatoms. The van der Waals surface area contributed by atoms with Crippen LogP contribution in [-0.2, 0) is 20.8 Å². The molecular weight excluding hydrogens is 310 g/mol. The van der Waals surface area contributed by atoms with Crippen LogP contribution in [0.3, 0.4) is 0 Å². The average Bonchev–Trinajstić information content (AvgIpc) is 2.52. The Hall–Kier alpha value is -2.41. The second-order valence-electron chi connectivity index (χ2n) is 6.11. The van der Waals surface area contributed by atoms with E-state index in [0.29, 0.717) is 0 Å². The third-order valence-electron chi connectivity index (χ3n) is 3.67. The van der Waals surface area contributed by atoms with Crippen molar-refractivity contribution in [2.24, 2.45) is 11.7 Å². The van der Waals surface area contributed by atoms with Crippen molar-refractivity contribution >= 4 is 17.8 Å². The third-order valence-corrected chi connectivity index (χ3v) is 3.67. The monoisotopic (exact) mass is 335 g/mol. The molecule has 0 radical (unpaired) electrons. The summed E-state index contributed by atoms with van der Waals surface area (Å²) < 4.78 is 0. The van der Waals surface area contributed by atoms with Crippen LogP contribution in [-0.4, -0.2) is 53.5 Å². The molecule has 0 unspecified atom stereocenters. The number of nitrogens with one attached hydrogen (secondary N) is 1. The van der Waals surface area contributed by atoms with Crippen molar-refractivity contribution in [3.63, 3.8) is 0 Å². The highest BCUT2D eigenvalue weighted by Crippen LogP contribution is 2.07. The summed E-state index contributed by atoms with van der Waals surface area (Å²) in [5.74, 6) is -2.09. The van der Waals surface area contributed by atoms with Gasteiger partial charge in [0.25, 0.3) is 0 Å². The number of aliphatic carboxylic acids is 1. The fourth-order valence-electron chi connectivity index (χ4n) is 2.17. The van der Waals surface area contributed by atoms with Gasteiger partial charge >= 0.3 is 5.97 Å². The quantitative estimate of drug-likeness (QED) is 0.630. The largest absolute Gasteiger partial charge is 0.480 e. The van der Waals surface area contributed by atoms with E-state index in [4.69, 9.17) is 10.8 Å². The summed E-state index contributed by atoms with van der Waals surface area (Å²) in [6.45, 7) is 3.19. The Morgan fingerprint density at radius 3 is 2.29 bits per heavy atom. The molecule has 1 aromatic rings. The summed E-state index contributed by atoms with van der Waals surface area (Å²) >= 11 is 0. The molecule has 4 N–H and O–H groups in total. The summed E-state index contributed by atoms with van der Waals surface area (Å²) in [5.41, 5.74) is 6.69. The van der Waals surface area contributed by atoms with Crippen LogP contribution in [0.4, 0.5) is 0 Å². The highest BCUT2D eigenvalue weighted by atomic mass is 16.4. The lowest BCUT2D eigenvalue weighted by atomic mass is 10.0. The summed E-state index contributed by atoms with van der Waals surface area (Å²) in [5, 5.41) is 11.5. The van der Waals surface area contributed by atoms with E-state index in [2.05, 4.69) is 5.32 Å². The van der Waals surface area contributed by atoms with Gasteiger partial charge in [-0.05, 0) is 11.5 Å². The maximum Gasteiger partial charge on any atom is 0.323 e. The van der Waals surface area contributed by atoms with Crippen molar-refractivity contribution in [1.82, 2.24) is 10.2 Å². The van der Waals surface area contributed by atoms with E-state index in [0.717, 1.165) is 10.5 Å². The molecule has 2 atom stereocenters. The van der Waals surface area contributed by atoms with Crippen LogP contribution in [0.25, 0.3) is 0 Å². The van der Waals surface area contributed by atoms with E-state index in [1.807, 2.05) is 44.2 Å². The topological polar surface area (TPSA) is 113 Å². The first-order valence-corrected chi connectivity index (χ1v) is 7.79. The minimum atomic E-state index is -1.12. The number of hydrogen-bond acceptors (Lipinski definition) is 4. The Kier molecular flexibility index (Phi) is 7.38. The van der Waals surface area contributed by atoms with Gasteiger partial charge in [-0.3, -0.25) is 14.4 Å². The zero-order valence-electron chi connectivity index (χ0n) is 14.2. The maximum atomic E-state index is 12.5. The van der Waals surface area contributed by atoms with Gasteiger partial charge in [-0.1, -0.05) is 44.2 Å². The second kappa shape index (κ2) is 9.02. The Morgan fingerprint density at radius 1 is 1.21 bits per heavy atom. The molecular formula is C17H25N3O4. The maximum absolute atomic E-state index is 12.5. The summed E-state index contributed by atoms with van der Waals surface area (Å²) in [7, 11) is 1.39. The molecule has 0 spiro atoms. The molecule has 0 heterocycles. The van der Waals surface area contributed by atoms with Crippen molar-refractivity contribution < 1.29 is 19.5 Å². The van der Waals surface area contributed by atoms with Crippen LogP contribution in [0.5, 0.6) is 0 Å². The Labute approximate surface area is 141 Å². The summed E-state index contributed by atoms with van der Waals surface area (Å²) in [6, 6.07) is 7.59. The molecule has 7 nitrogen and oxygen atoms in total. The SMILES string of the molecule is CC(C)[C@@H](N)C(=O)N[C@H](Cc1ccccc1)C(=O)N(C)CC(=O)O. The van der Waals surface area contributed by atoms with Gasteiger partial charge in [-0.25, -0.2) is 0 Å². The van der Waals surface area contributed by atoms with E-state index >= 15 is 0 Å². The van der Waals surface area contributed by atoms with Gasteiger partial charge in [0.1, 0.15) is 12.6 Å². The normalized spacial score (nSPS) is 13.2. The number of likely N-dealkylation sites (N-methyl/N-ethyl adjacent to an activating group) is 1. The smallest absolute Gasteiger partial charge is 0.323 e. The van der Waals surface area contributed by atoms with Crippen molar-refractivity contribution in [2.45, 2.75) is 32.4 Å². The van der Waals surface area contributed by atoms with Crippen LogP contribution in [0, 0.1) is 5.92 Å². The molecule has 0 aromatic heterocycles. The standard InChI is InChI=1S/C17H25N3O4/c1-11(2)15(18)16(23)19-13(9-12-7-5-4-6-8-12)17(24)20(3)10-14(21)22/h4-8,11,13,15H,9-10,18H2,1-3H3,(H,19,23)(H,21,22)/t13-,15-/m1/s1. The predicted octanol–water partition coefficient (Wildman–Crippen LogP) is 0.240. The number of nitrogens with zero attached hydrogens (tertiary/aromatic N) is 1. The number of carboxylic acids is 1. The highest BCUT2D eigenvalue weighted by Gasteiger charge is 2.28. The van der Waals surface area contributed by atoms with Crippen LogP contribution < -0.4 is 11.1 Å². The summed E-state index contributed by atoms with van der Waals surface area (Å²) in [4.78, 5) is 36.6. The van der Waals surface area contributed by atoms with Crippen LogP contribution in [0.2, 0.25) is 0 Å². The van der Waals surface area contributed by atoms with E-state index < -0.39 is 36.4 Å². The summed E-state index contributed by atoms with van der Waals surface area (Å²) in [6.07, 6.45) is 0.264. The van der Waals surface area contributed by atoms with Crippen molar-refractivity contribution in [3.8, 4) is 0 Å². The minimum absolute atomic E-state index is 0.0748. The van der Waals surface area contributed by atoms with Gasteiger partial charge in [0.2, 0.25) is 11.8 Å². The molecule has 0 saturated carbocycles. The number of hydrogen-bond donors (Lipinski definition) is 3. The number of carbonyl (C=O) groups excluding carboxylic acids is 2. The van der Waals surface area contributed by atoms with E-state index in [9.17, 15) is 14.4 Å². The molecule has 1 aromatic carbocycles. The number of amides is 2. The molecule has 132 valence electrons. The molecule has 0 aliphatic rings. The number of carbonyl (C=O) groups is 3. The van der Waals surface area contributed by atoms with Gasteiger partial charge in [0.05, 0.1) is 6.04 Å². The molecule has 0 aliphatic heterocycles. The molecule has 24 heavy (non-hydrogen) atoms. The zero-order chi connectivity index (χ0) is 18.3. The molecule has 0 saturated heterocycles. The number of nitrogens with two attached hydrogens (primary N) is 1. The lowest BCUT2D eigenvalue weighted by Crippen LogP contribution is -2.54. The van der Waals surface area contributed by atoms with E-state index in [1.165, 1.54) is 7.05 Å². The zero-order valence-corrected chi connectivity index (χ0v) is 14.2. The van der Waals surface area contributed by atoms with Gasteiger partial charge < -0.3 is 21.1 Å². The predicted molar refractivity (Wildman–Crippen MR) is 90.2 cm³/mol. The van der Waals surface area contributed by atoms with E-state index in [-0.39, 0.29) is 12.3 Å². The second-order valence-corrected chi connectivity index (χ2v) is 6.11. The van der Waals surface area contributed by atoms with E-state index in [1.54, 1.807) is 0 Å². The van der Waals surface area contributed by atoms with Gasteiger partial charge in [0, 0.05) is 13.5 Å². The highest BCUT2D eigenvalue weighted by molar-refractivity contribution is 5.91. The Balaban J connectivity index is 2.92. The average molecular weight is 335 g/mol. The fraction of sp³-hybridized carbons (Fsp3) is 0.471. The minimum Gasteiger partial charge on any atom is -0.480 e. The third kappa shape index (κ3) is 6.00. The molecule has 0 fully saturated rings. The Morgan fingerprint density at radius 2 is 1.79 bits per heavy atom. The first kappa shape index (κ1) is 19.6. The van der Waals surface area contributed by atoms with Crippen LogP contribution in [0.15, 0.2) is 30.3 Å². The molecule has 0 bridgehead atoms. The van der Waals surface area contributed by atoms with Crippen molar-refractivity contribution in [2.75, 3.05) is 13.6 Å².